The van der Waals surface area contributed by atoms with Crippen LogP contribution < -0.4 is 5.32 Å². The van der Waals surface area contributed by atoms with Gasteiger partial charge in [-0.1, -0.05) is 30.3 Å². The van der Waals surface area contributed by atoms with Crippen LogP contribution in [0.5, 0.6) is 0 Å². The molecule has 4 nitrogen and oxygen atoms in total. The van der Waals surface area contributed by atoms with Gasteiger partial charge in [0.2, 0.25) is 5.78 Å². The maximum atomic E-state index is 12.3. The van der Waals surface area contributed by atoms with Crippen molar-refractivity contribution in [2.24, 2.45) is 0 Å². The molecule has 0 radical (unpaired) electrons. The normalized spacial score (nSPS) is 13.8. The van der Waals surface area contributed by atoms with E-state index in [9.17, 15) is 9.59 Å². The Labute approximate surface area is 109 Å². The average molecular weight is 250 g/mol. The molecule has 0 fully saturated rings. The first-order valence-electron chi connectivity index (χ1n) is 5.83. The molecular weight excluding hydrogens is 240 g/mol. The number of anilines is 1. The molecule has 1 aromatic carbocycles. The topological polar surface area (TPSA) is 59.1 Å². The Balaban J connectivity index is 1.97. The summed E-state index contributed by atoms with van der Waals surface area (Å²) in [5.74, 6) is 0.170. The number of rotatable bonds is 2. The van der Waals surface area contributed by atoms with Crippen molar-refractivity contribution >= 4 is 17.4 Å². The van der Waals surface area contributed by atoms with Crippen molar-refractivity contribution < 1.29 is 9.59 Å². The Bertz CT molecular complexity index is 690. The number of carbonyl (C=O) groups excluding carboxylic acids is 2. The van der Waals surface area contributed by atoms with Gasteiger partial charge in [0.1, 0.15) is 5.82 Å². The zero-order valence-corrected chi connectivity index (χ0v) is 9.96. The van der Waals surface area contributed by atoms with E-state index in [4.69, 9.17) is 0 Å². The summed E-state index contributed by atoms with van der Waals surface area (Å²) >= 11 is 0. The highest BCUT2D eigenvalue weighted by molar-refractivity contribution is 6.25. The summed E-state index contributed by atoms with van der Waals surface area (Å²) in [6.07, 6.45) is 2.94. The van der Waals surface area contributed by atoms with Gasteiger partial charge < -0.3 is 5.32 Å². The molecule has 0 amide bonds. The molecule has 0 unspecified atom stereocenters. The van der Waals surface area contributed by atoms with Gasteiger partial charge in [0.15, 0.2) is 5.78 Å². The summed E-state index contributed by atoms with van der Waals surface area (Å²) in [5, 5.41) is 2.88. The Morgan fingerprint density at radius 1 is 0.895 bits per heavy atom. The number of benzene rings is 1. The van der Waals surface area contributed by atoms with Gasteiger partial charge in [-0.05, 0) is 12.1 Å². The van der Waals surface area contributed by atoms with Gasteiger partial charge in [-0.25, -0.2) is 4.98 Å². The predicted molar refractivity (Wildman–Crippen MR) is 71.0 cm³/mol. The number of nitrogens with zero attached hydrogens (tertiary/aromatic N) is 1. The van der Waals surface area contributed by atoms with Crippen molar-refractivity contribution in [3.05, 3.63) is 71.6 Å². The van der Waals surface area contributed by atoms with Crippen LogP contribution in [0.25, 0.3) is 0 Å². The zero-order chi connectivity index (χ0) is 13.2. The number of hydrogen-bond acceptors (Lipinski definition) is 4. The number of pyridine rings is 1. The maximum absolute atomic E-state index is 12.3. The lowest BCUT2D eigenvalue weighted by Gasteiger charge is -2.15. The first-order chi connectivity index (χ1) is 9.25. The molecular formula is C15H10N2O2. The maximum Gasteiger partial charge on any atom is 0.210 e. The van der Waals surface area contributed by atoms with E-state index in [1.165, 1.54) is 6.08 Å². The Hall–Kier alpha value is -2.75. The molecule has 0 atom stereocenters. The summed E-state index contributed by atoms with van der Waals surface area (Å²) in [6.45, 7) is 0. The third-order valence-electron chi connectivity index (χ3n) is 2.88. The minimum atomic E-state index is -0.194. The zero-order valence-electron chi connectivity index (χ0n) is 9.96. The third kappa shape index (κ3) is 2.04. The summed E-state index contributed by atoms with van der Waals surface area (Å²) in [5.41, 5.74) is 1.12. The van der Waals surface area contributed by atoms with Crippen LogP contribution in [0.1, 0.15) is 20.7 Å². The minimum Gasteiger partial charge on any atom is -0.337 e. The molecule has 1 aromatic heterocycles. The first-order valence-corrected chi connectivity index (χ1v) is 5.83. The van der Waals surface area contributed by atoms with Gasteiger partial charge in [0.25, 0.3) is 0 Å². The second kappa shape index (κ2) is 4.49. The Kier molecular flexibility index (Phi) is 2.68. The summed E-state index contributed by atoms with van der Waals surface area (Å²) in [4.78, 5) is 28.3. The Morgan fingerprint density at radius 2 is 1.63 bits per heavy atom. The molecule has 0 aliphatic heterocycles. The fourth-order valence-electron chi connectivity index (χ4n) is 1.98. The number of Topliss-reactive ketones (excluding diaryl/α,β-unsaturated/α-hetero) is 1. The predicted octanol–water partition coefficient (Wildman–Crippen LogP) is 2.46. The van der Waals surface area contributed by atoms with Crippen LogP contribution in [-0.4, -0.2) is 16.6 Å². The second-order valence-electron chi connectivity index (χ2n) is 4.14. The third-order valence-corrected chi connectivity index (χ3v) is 2.88. The van der Waals surface area contributed by atoms with Crippen molar-refractivity contribution in [3.63, 3.8) is 0 Å². The van der Waals surface area contributed by atoms with Crippen LogP contribution in [0, 0.1) is 0 Å². The van der Waals surface area contributed by atoms with E-state index in [2.05, 4.69) is 10.3 Å². The fourth-order valence-corrected chi connectivity index (χ4v) is 1.98. The van der Waals surface area contributed by atoms with E-state index in [-0.39, 0.29) is 17.3 Å². The highest BCUT2D eigenvalue weighted by Gasteiger charge is 2.25. The summed E-state index contributed by atoms with van der Waals surface area (Å²) in [6, 6.07) is 12.1. The van der Waals surface area contributed by atoms with Gasteiger partial charge in [0.05, 0.1) is 5.70 Å². The SMILES string of the molecule is O=C1C=C(Nc2ccccn2)C(=O)c2ccccc21. The standard InChI is InChI=1S/C15H10N2O2/c18-13-9-12(17-14-7-3-4-8-16-14)15(19)11-6-2-1-5-10(11)13/h1-9H,(H,16,17). The number of fused-ring (bicyclic) bond motifs is 1. The van der Waals surface area contributed by atoms with Crippen LogP contribution in [0.4, 0.5) is 5.82 Å². The highest BCUT2D eigenvalue weighted by atomic mass is 16.1. The number of carbonyl (C=O) groups is 2. The number of ketones is 2. The molecule has 19 heavy (non-hydrogen) atoms. The van der Waals surface area contributed by atoms with E-state index in [0.29, 0.717) is 16.9 Å². The quantitative estimate of drug-likeness (QED) is 0.889. The second-order valence-corrected chi connectivity index (χ2v) is 4.14. The van der Waals surface area contributed by atoms with Crippen molar-refractivity contribution in [2.75, 3.05) is 5.32 Å². The molecule has 0 saturated heterocycles. The van der Waals surface area contributed by atoms with Crippen LogP contribution in [0.15, 0.2) is 60.4 Å². The highest BCUT2D eigenvalue weighted by Crippen LogP contribution is 2.21. The average Bonchev–Trinajstić information content (AvgIpc) is 2.46. The molecule has 0 spiro atoms. The monoisotopic (exact) mass is 250 g/mol. The van der Waals surface area contributed by atoms with Gasteiger partial charge in [-0.15, -0.1) is 0 Å². The van der Waals surface area contributed by atoms with E-state index < -0.39 is 0 Å². The molecule has 1 aliphatic rings. The van der Waals surface area contributed by atoms with E-state index in [1.54, 1.807) is 48.7 Å². The number of hydrogen-bond donors (Lipinski definition) is 1. The number of nitrogens with one attached hydrogen (secondary N) is 1. The summed E-state index contributed by atoms with van der Waals surface area (Å²) in [7, 11) is 0. The van der Waals surface area contributed by atoms with E-state index >= 15 is 0 Å². The lowest BCUT2D eigenvalue weighted by molar-refractivity contribution is 0.0985. The minimum absolute atomic E-state index is 0.173. The van der Waals surface area contributed by atoms with Gasteiger partial charge in [-0.3, -0.25) is 9.59 Å². The van der Waals surface area contributed by atoms with Crippen molar-refractivity contribution in [2.45, 2.75) is 0 Å². The van der Waals surface area contributed by atoms with Crippen LogP contribution >= 0.6 is 0 Å². The lowest BCUT2D eigenvalue weighted by atomic mass is 9.93. The molecule has 1 aliphatic carbocycles. The van der Waals surface area contributed by atoms with Crippen LogP contribution in [0.2, 0.25) is 0 Å². The van der Waals surface area contributed by atoms with Crippen molar-refractivity contribution in [1.29, 1.82) is 0 Å². The van der Waals surface area contributed by atoms with E-state index in [0.717, 1.165) is 0 Å². The molecule has 0 saturated carbocycles. The molecule has 92 valence electrons. The van der Waals surface area contributed by atoms with Gasteiger partial charge >= 0.3 is 0 Å². The van der Waals surface area contributed by atoms with Gasteiger partial charge in [-0.2, -0.15) is 0 Å². The number of allylic oxidation sites excluding steroid dienone is 2. The van der Waals surface area contributed by atoms with E-state index in [1.807, 2.05) is 0 Å². The fraction of sp³-hybridized carbons (Fsp3) is 0. The molecule has 3 rings (SSSR count). The number of aromatic nitrogens is 1. The molecule has 4 heteroatoms. The first kappa shape index (κ1) is 11.3. The van der Waals surface area contributed by atoms with Crippen LogP contribution in [0.3, 0.4) is 0 Å². The molecule has 1 heterocycles. The summed E-state index contributed by atoms with van der Waals surface area (Å²) < 4.78 is 0. The van der Waals surface area contributed by atoms with Crippen molar-refractivity contribution in [1.82, 2.24) is 4.98 Å². The van der Waals surface area contributed by atoms with Gasteiger partial charge in [0, 0.05) is 23.4 Å². The van der Waals surface area contributed by atoms with Crippen LogP contribution in [-0.2, 0) is 0 Å². The van der Waals surface area contributed by atoms with Crippen molar-refractivity contribution in [3.8, 4) is 0 Å². The Morgan fingerprint density at radius 3 is 2.37 bits per heavy atom. The lowest BCUT2D eigenvalue weighted by Crippen LogP contribution is -2.21. The molecule has 1 N–H and O–H groups in total. The smallest absolute Gasteiger partial charge is 0.210 e. The largest absolute Gasteiger partial charge is 0.337 e. The molecule has 0 bridgehead atoms. The molecule has 2 aromatic rings.